The van der Waals surface area contributed by atoms with Gasteiger partial charge in [0.15, 0.2) is 0 Å². The summed E-state index contributed by atoms with van der Waals surface area (Å²) in [5.41, 5.74) is 1.20. The Morgan fingerprint density at radius 2 is 1.95 bits per heavy atom. The number of benzene rings is 2. The Morgan fingerprint density at radius 1 is 1.15 bits per heavy atom. The monoisotopic (exact) mass is 307 g/mol. The molecule has 0 radical (unpaired) electrons. The second kappa shape index (κ2) is 7.58. The summed E-state index contributed by atoms with van der Waals surface area (Å²) >= 11 is 7.80. The van der Waals surface area contributed by atoms with Crippen LogP contribution in [0.5, 0.6) is 5.75 Å². The molecule has 2 aromatic carbocycles. The van der Waals surface area contributed by atoms with Crippen molar-refractivity contribution in [3.63, 3.8) is 0 Å². The van der Waals surface area contributed by atoms with Crippen LogP contribution in [0.25, 0.3) is 0 Å². The minimum Gasteiger partial charge on any atom is -0.496 e. The minimum atomic E-state index is 0.766. The number of hydrogen-bond donors (Lipinski definition) is 1. The predicted octanol–water partition coefficient (Wildman–Crippen LogP) is 4.61. The maximum Gasteiger partial charge on any atom is 0.132 e. The largest absolute Gasteiger partial charge is 0.496 e. The van der Waals surface area contributed by atoms with Gasteiger partial charge in [0.1, 0.15) is 5.75 Å². The van der Waals surface area contributed by atoms with Crippen LogP contribution in [-0.2, 0) is 6.54 Å². The van der Waals surface area contributed by atoms with Crippen molar-refractivity contribution >= 4 is 23.4 Å². The third-order valence-electron chi connectivity index (χ3n) is 2.88. The molecule has 20 heavy (non-hydrogen) atoms. The smallest absolute Gasteiger partial charge is 0.132 e. The third-order valence-corrected chi connectivity index (χ3v) is 4.29. The zero-order chi connectivity index (χ0) is 14.4. The van der Waals surface area contributed by atoms with Crippen LogP contribution >= 0.6 is 23.4 Å². The number of ether oxygens (including phenoxy) is 1. The molecule has 0 bridgehead atoms. The molecular formula is C16H18ClNOS. The number of methoxy groups -OCH3 is 1. The molecule has 0 atom stereocenters. The van der Waals surface area contributed by atoms with E-state index in [0.29, 0.717) is 0 Å². The van der Waals surface area contributed by atoms with Crippen molar-refractivity contribution in [3.8, 4) is 5.75 Å². The van der Waals surface area contributed by atoms with Crippen LogP contribution in [0.15, 0.2) is 52.3 Å². The molecule has 0 unspecified atom stereocenters. The Balaban J connectivity index is 2.28. The van der Waals surface area contributed by atoms with Crippen LogP contribution in [-0.4, -0.2) is 13.7 Å². The Hall–Kier alpha value is -1.16. The first-order valence-corrected chi connectivity index (χ1v) is 7.74. The molecule has 0 saturated carbocycles. The van der Waals surface area contributed by atoms with Crippen LogP contribution in [0.4, 0.5) is 0 Å². The van der Waals surface area contributed by atoms with Gasteiger partial charge >= 0.3 is 0 Å². The Morgan fingerprint density at radius 3 is 2.70 bits per heavy atom. The molecule has 0 aliphatic rings. The highest BCUT2D eigenvalue weighted by atomic mass is 35.5. The first-order chi connectivity index (χ1) is 9.74. The molecule has 106 valence electrons. The molecule has 1 N–H and O–H groups in total. The van der Waals surface area contributed by atoms with Gasteiger partial charge in [-0.3, -0.25) is 0 Å². The second-order valence-electron chi connectivity index (χ2n) is 4.29. The highest BCUT2D eigenvalue weighted by molar-refractivity contribution is 7.99. The number of hydrogen-bond acceptors (Lipinski definition) is 3. The summed E-state index contributed by atoms with van der Waals surface area (Å²) in [4.78, 5) is 2.30. The molecule has 0 saturated heterocycles. The molecule has 0 amide bonds. The highest BCUT2D eigenvalue weighted by Crippen LogP contribution is 2.37. The summed E-state index contributed by atoms with van der Waals surface area (Å²) in [5, 5.41) is 4.11. The van der Waals surface area contributed by atoms with Crippen molar-refractivity contribution in [1.82, 2.24) is 5.32 Å². The number of para-hydroxylation sites is 1. The molecule has 0 aliphatic heterocycles. The number of nitrogens with one attached hydrogen (secondary N) is 1. The predicted molar refractivity (Wildman–Crippen MR) is 85.9 cm³/mol. The highest BCUT2D eigenvalue weighted by Gasteiger charge is 2.08. The van der Waals surface area contributed by atoms with Crippen LogP contribution < -0.4 is 10.1 Å². The van der Waals surface area contributed by atoms with Gasteiger partial charge in [-0.25, -0.2) is 0 Å². The standard InChI is InChI=1S/C16H18ClNOS/c1-3-18-11-12-10-13(17)8-9-15(12)20-16-7-5-4-6-14(16)19-2/h4-10,18H,3,11H2,1-2H3. The second-order valence-corrected chi connectivity index (χ2v) is 5.81. The zero-order valence-corrected chi connectivity index (χ0v) is 13.2. The van der Waals surface area contributed by atoms with E-state index in [0.717, 1.165) is 28.8 Å². The van der Waals surface area contributed by atoms with Crippen molar-refractivity contribution in [2.45, 2.75) is 23.3 Å². The topological polar surface area (TPSA) is 21.3 Å². The first-order valence-electron chi connectivity index (χ1n) is 6.54. The lowest BCUT2D eigenvalue weighted by atomic mass is 10.2. The molecule has 2 nitrogen and oxygen atoms in total. The van der Waals surface area contributed by atoms with Gasteiger partial charge in [-0.1, -0.05) is 42.4 Å². The van der Waals surface area contributed by atoms with E-state index >= 15 is 0 Å². The summed E-state index contributed by atoms with van der Waals surface area (Å²) in [6.07, 6.45) is 0. The van der Waals surface area contributed by atoms with E-state index < -0.39 is 0 Å². The summed E-state index contributed by atoms with van der Waals surface area (Å²) in [6, 6.07) is 14.0. The molecule has 4 heteroatoms. The number of rotatable bonds is 6. The molecular weight excluding hydrogens is 290 g/mol. The van der Waals surface area contributed by atoms with Crippen LogP contribution in [0, 0.1) is 0 Å². The average molecular weight is 308 g/mol. The van der Waals surface area contributed by atoms with Gasteiger partial charge in [0, 0.05) is 16.5 Å². The summed E-state index contributed by atoms with van der Waals surface area (Å²) < 4.78 is 5.40. The lowest BCUT2D eigenvalue weighted by molar-refractivity contribution is 0.405. The summed E-state index contributed by atoms with van der Waals surface area (Å²) in [7, 11) is 1.70. The quantitative estimate of drug-likeness (QED) is 0.842. The zero-order valence-electron chi connectivity index (χ0n) is 11.7. The molecule has 0 fully saturated rings. The van der Waals surface area contributed by atoms with Gasteiger partial charge in [-0.05, 0) is 42.4 Å². The van der Waals surface area contributed by atoms with Crippen molar-refractivity contribution in [2.24, 2.45) is 0 Å². The normalized spacial score (nSPS) is 10.6. The van der Waals surface area contributed by atoms with Gasteiger partial charge < -0.3 is 10.1 Å². The first kappa shape index (κ1) is 15.2. The lowest BCUT2D eigenvalue weighted by Crippen LogP contribution is -2.12. The fourth-order valence-electron chi connectivity index (χ4n) is 1.87. The maximum atomic E-state index is 6.10. The van der Waals surface area contributed by atoms with E-state index in [4.69, 9.17) is 16.3 Å². The van der Waals surface area contributed by atoms with Gasteiger partial charge in [0.25, 0.3) is 0 Å². The van der Waals surface area contributed by atoms with Crippen molar-refractivity contribution < 1.29 is 4.74 Å². The fourth-order valence-corrected chi connectivity index (χ4v) is 3.10. The third kappa shape index (κ3) is 3.92. The van der Waals surface area contributed by atoms with Gasteiger partial charge in [-0.15, -0.1) is 0 Å². The van der Waals surface area contributed by atoms with Crippen LogP contribution in [0.2, 0.25) is 5.02 Å². The Bertz CT molecular complexity index is 574. The van der Waals surface area contributed by atoms with E-state index in [9.17, 15) is 0 Å². The van der Waals surface area contributed by atoms with E-state index in [1.165, 1.54) is 10.5 Å². The number of halogens is 1. The summed E-state index contributed by atoms with van der Waals surface area (Å²) in [5.74, 6) is 0.891. The van der Waals surface area contributed by atoms with Gasteiger partial charge in [0.05, 0.1) is 12.0 Å². The molecule has 0 heterocycles. The Labute approximate surface area is 129 Å². The van der Waals surface area contributed by atoms with Gasteiger partial charge in [0.2, 0.25) is 0 Å². The van der Waals surface area contributed by atoms with Crippen LogP contribution in [0.3, 0.4) is 0 Å². The SMILES string of the molecule is CCNCc1cc(Cl)ccc1Sc1ccccc1OC. The average Bonchev–Trinajstić information content (AvgIpc) is 2.48. The Kier molecular flexibility index (Phi) is 5.77. The maximum absolute atomic E-state index is 6.10. The van der Waals surface area contributed by atoms with Crippen LogP contribution in [0.1, 0.15) is 12.5 Å². The van der Waals surface area contributed by atoms with Crippen molar-refractivity contribution in [2.75, 3.05) is 13.7 Å². The molecule has 2 aromatic rings. The van der Waals surface area contributed by atoms with E-state index in [1.807, 2.05) is 30.3 Å². The van der Waals surface area contributed by atoms with Gasteiger partial charge in [-0.2, -0.15) is 0 Å². The van der Waals surface area contributed by atoms with E-state index in [-0.39, 0.29) is 0 Å². The van der Waals surface area contributed by atoms with E-state index in [1.54, 1.807) is 18.9 Å². The van der Waals surface area contributed by atoms with Crippen molar-refractivity contribution in [1.29, 1.82) is 0 Å². The molecule has 0 aromatic heterocycles. The van der Waals surface area contributed by atoms with Crippen molar-refractivity contribution in [3.05, 3.63) is 53.1 Å². The fraction of sp³-hybridized carbons (Fsp3) is 0.250. The molecule has 0 aliphatic carbocycles. The molecule has 0 spiro atoms. The van der Waals surface area contributed by atoms with E-state index in [2.05, 4.69) is 24.4 Å². The lowest BCUT2D eigenvalue weighted by Gasteiger charge is -2.12. The summed E-state index contributed by atoms with van der Waals surface area (Å²) in [6.45, 7) is 3.84. The minimum absolute atomic E-state index is 0.766. The molecule has 2 rings (SSSR count).